The first-order valence-electron chi connectivity index (χ1n) is 11.5. The maximum absolute atomic E-state index is 13.9. The number of aromatic amines is 1. The van der Waals surface area contributed by atoms with Crippen LogP contribution in [-0.4, -0.2) is 37.0 Å². The van der Waals surface area contributed by atoms with Gasteiger partial charge in [-0.2, -0.15) is 4.31 Å². The fourth-order valence-corrected chi connectivity index (χ4v) is 6.49. The molecule has 33 heavy (non-hydrogen) atoms. The van der Waals surface area contributed by atoms with E-state index in [1.165, 1.54) is 10.4 Å². The van der Waals surface area contributed by atoms with E-state index in [4.69, 9.17) is 9.47 Å². The lowest BCUT2D eigenvalue weighted by molar-refractivity contribution is 0.171. The zero-order valence-electron chi connectivity index (χ0n) is 18.7. The second-order valence-electron chi connectivity index (χ2n) is 8.81. The molecule has 0 atom stereocenters. The van der Waals surface area contributed by atoms with E-state index >= 15 is 0 Å². The van der Waals surface area contributed by atoms with Gasteiger partial charge in [0.05, 0.1) is 10.4 Å². The molecule has 0 bridgehead atoms. The second-order valence-corrected chi connectivity index (χ2v) is 10.7. The van der Waals surface area contributed by atoms with Crippen molar-refractivity contribution in [2.75, 3.05) is 13.2 Å². The van der Waals surface area contributed by atoms with Crippen molar-refractivity contribution in [1.82, 2.24) is 9.29 Å². The predicted molar refractivity (Wildman–Crippen MR) is 126 cm³/mol. The Hall–Kier alpha value is -2.84. The molecule has 174 valence electrons. The lowest BCUT2D eigenvalue weighted by Gasteiger charge is -2.33. The van der Waals surface area contributed by atoms with E-state index in [2.05, 4.69) is 4.98 Å². The number of hydrogen-bond acceptors (Lipinski definition) is 5. The van der Waals surface area contributed by atoms with Crippen LogP contribution in [-0.2, 0) is 16.6 Å². The van der Waals surface area contributed by atoms with E-state index in [9.17, 15) is 13.2 Å². The highest BCUT2D eigenvalue weighted by Crippen LogP contribution is 2.35. The molecule has 7 nitrogen and oxygen atoms in total. The molecule has 0 radical (unpaired) electrons. The van der Waals surface area contributed by atoms with Gasteiger partial charge in [0.1, 0.15) is 13.2 Å². The van der Waals surface area contributed by atoms with Gasteiger partial charge in [-0.15, -0.1) is 0 Å². The van der Waals surface area contributed by atoms with Crippen molar-refractivity contribution in [2.45, 2.75) is 56.5 Å². The molecule has 1 N–H and O–H groups in total. The maximum Gasteiger partial charge on any atom is 0.252 e. The minimum atomic E-state index is -3.87. The number of aryl methyl sites for hydroxylation is 1. The number of para-hydroxylation sites is 1. The second kappa shape index (κ2) is 8.83. The Kier molecular flexibility index (Phi) is 5.88. The zero-order valence-corrected chi connectivity index (χ0v) is 19.5. The van der Waals surface area contributed by atoms with Gasteiger partial charge in [0, 0.05) is 24.2 Å². The van der Waals surface area contributed by atoms with Crippen LogP contribution in [0.1, 0.15) is 43.2 Å². The number of nitrogens with zero attached hydrogens (tertiary/aromatic N) is 1. The number of nitrogens with one attached hydrogen (secondary N) is 1. The first-order valence-corrected chi connectivity index (χ1v) is 12.9. The van der Waals surface area contributed by atoms with E-state index in [0.29, 0.717) is 30.3 Å². The summed E-state index contributed by atoms with van der Waals surface area (Å²) in [4.78, 5) is 16.1. The third kappa shape index (κ3) is 4.25. The first kappa shape index (κ1) is 22.0. The average Bonchev–Trinajstić information content (AvgIpc) is 2.83. The van der Waals surface area contributed by atoms with E-state index in [1.54, 1.807) is 12.1 Å². The molecule has 3 aromatic rings. The summed E-state index contributed by atoms with van der Waals surface area (Å²) in [6, 6.07) is 12.2. The van der Waals surface area contributed by atoms with Crippen LogP contribution in [0.15, 0.2) is 52.2 Å². The molecular formula is C25H28N2O5S. The van der Waals surface area contributed by atoms with Gasteiger partial charge in [-0.3, -0.25) is 4.79 Å². The Morgan fingerprint density at radius 3 is 2.55 bits per heavy atom. The summed E-state index contributed by atoms with van der Waals surface area (Å²) in [5, 5.41) is 0.893. The number of ether oxygens (including phenoxy) is 2. The highest BCUT2D eigenvalue weighted by Gasteiger charge is 2.34. The molecule has 2 heterocycles. The lowest BCUT2D eigenvalue weighted by atomic mass is 9.95. The molecular weight excluding hydrogens is 440 g/mol. The Labute approximate surface area is 193 Å². The number of pyridine rings is 1. The fraction of sp³-hybridized carbons (Fsp3) is 0.400. The standard InChI is InChI=1S/C25H28N2O5S/c1-17-6-5-7-18-14-19(25(28)26-24(17)18)16-27(20-8-3-2-4-9-20)33(29,30)21-10-11-22-23(15-21)32-13-12-31-22/h5-7,10-11,14-15,20H,2-4,8-9,12-13,16H2,1H3,(H,26,28). The summed E-state index contributed by atoms with van der Waals surface area (Å²) in [5.41, 5.74) is 1.95. The van der Waals surface area contributed by atoms with Gasteiger partial charge < -0.3 is 14.5 Å². The SMILES string of the molecule is Cc1cccc2cc(CN(C3CCCCC3)S(=O)(=O)c3ccc4c(c3)OCCO4)c(=O)[nH]c12. The number of hydrogen-bond donors (Lipinski definition) is 1. The molecule has 2 aliphatic rings. The number of aromatic nitrogens is 1. The summed E-state index contributed by atoms with van der Waals surface area (Å²) in [7, 11) is -3.87. The molecule has 1 aliphatic carbocycles. The normalized spacial score (nSPS) is 16.9. The van der Waals surface area contributed by atoms with Crippen LogP contribution in [0.4, 0.5) is 0 Å². The van der Waals surface area contributed by atoms with Crippen molar-refractivity contribution < 1.29 is 17.9 Å². The number of rotatable bonds is 5. The third-order valence-corrected chi connectivity index (χ3v) is 8.49. The number of benzene rings is 2. The number of H-pyrrole nitrogens is 1. The third-order valence-electron chi connectivity index (χ3n) is 6.59. The summed E-state index contributed by atoms with van der Waals surface area (Å²) in [6.45, 7) is 2.80. The molecule has 0 unspecified atom stereocenters. The topological polar surface area (TPSA) is 88.7 Å². The van der Waals surface area contributed by atoms with E-state index in [-0.39, 0.29) is 23.0 Å². The zero-order chi connectivity index (χ0) is 23.0. The van der Waals surface area contributed by atoms with Crippen LogP contribution < -0.4 is 15.0 Å². The lowest BCUT2D eigenvalue weighted by Crippen LogP contribution is -2.42. The van der Waals surface area contributed by atoms with Gasteiger partial charge in [-0.05, 0) is 48.9 Å². The largest absolute Gasteiger partial charge is 0.486 e. The summed E-state index contributed by atoms with van der Waals surface area (Å²) in [6.07, 6.45) is 4.63. The van der Waals surface area contributed by atoms with E-state index in [1.807, 2.05) is 31.2 Å². The molecule has 0 amide bonds. The molecule has 0 saturated heterocycles. The van der Waals surface area contributed by atoms with E-state index < -0.39 is 10.0 Å². The van der Waals surface area contributed by atoms with Crippen molar-refractivity contribution in [1.29, 1.82) is 0 Å². The summed E-state index contributed by atoms with van der Waals surface area (Å²) in [5.74, 6) is 0.982. The van der Waals surface area contributed by atoms with Crippen molar-refractivity contribution in [2.24, 2.45) is 0 Å². The Morgan fingerprint density at radius 2 is 1.76 bits per heavy atom. The predicted octanol–water partition coefficient (Wildman–Crippen LogP) is 4.13. The van der Waals surface area contributed by atoms with Crippen molar-refractivity contribution >= 4 is 20.9 Å². The van der Waals surface area contributed by atoms with Crippen LogP contribution in [0.3, 0.4) is 0 Å². The molecule has 1 aromatic heterocycles. The molecule has 0 spiro atoms. The van der Waals surface area contributed by atoms with Crippen molar-refractivity contribution in [3.63, 3.8) is 0 Å². The number of fused-ring (bicyclic) bond motifs is 2. The fourth-order valence-electron chi connectivity index (χ4n) is 4.81. The molecule has 5 rings (SSSR count). The Balaban J connectivity index is 1.56. The van der Waals surface area contributed by atoms with Crippen LogP contribution in [0.25, 0.3) is 10.9 Å². The monoisotopic (exact) mass is 468 g/mol. The van der Waals surface area contributed by atoms with Gasteiger partial charge >= 0.3 is 0 Å². The van der Waals surface area contributed by atoms with Crippen LogP contribution in [0.2, 0.25) is 0 Å². The van der Waals surface area contributed by atoms with E-state index in [0.717, 1.165) is 48.6 Å². The van der Waals surface area contributed by atoms with Crippen LogP contribution >= 0.6 is 0 Å². The molecule has 1 fully saturated rings. The minimum absolute atomic E-state index is 0.0284. The van der Waals surface area contributed by atoms with Crippen LogP contribution in [0.5, 0.6) is 11.5 Å². The maximum atomic E-state index is 13.9. The quantitative estimate of drug-likeness (QED) is 0.608. The van der Waals surface area contributed by atoms with Gasteiger partial charge in [0.15, 0.2) is 11.5 Å². The van der Waals surface area contributed by atoms with Crippen molar-refractivity contribution in [3.05, 3.63) is 63.9 Å². The summed E-state index contributed by atoms with van der Waals surface area (Å²) >= 11 is 0. The Morgan fingerprint density at radius 1 is 1.00 bits per heavy atom. The highest BCUT2D eigenvalue weighted by atomic mass is 32.2. The molecule has 1 aliphatic heterocycles. The van der Waals surface area contributed by atoms with Crippen molar-refractivity contribution in [3.8, 4) is 11.5 Å². The van der Waals surface area contributed by atoms with Gasteiger partial charge in [-0.1, -0.05) is 37.5 Å². The summed E-state index contributed by atoms with van der Waals surface area (Å²) < 4.78 is 40.4. The molecule has 1 saturated carbocycles. The first-order chi connectivity index (χ1) is 15.9. The molecule has 2 aromatic carbocycles. The highest BCUT2D eigenvalue weighted by molar-refractivity contribution is 7.89. The van der Waals surface area contributed by atoms with Gasteiger partial charge in [0.2, 0.25) is 10.0 Å². The average molecular weight is 469 g/mol. The Bertz CT molecular complexity index is 1340. The van der Waals surface area contributed by atoms with Gasteiger partial charge in [-0.25, -0.2) is 8.42 Å². The minimum Gasteiger partial charge on any atom is -0.486 e. The van der Waals surface area contributed by atoms with Gasteiger partial charge in [0.25, 0.3) is 5.56 Å². The van der Waals surface area contributed by atoms with Crippen LogP contribution in [0, 0.1) is 6.92 Å². The molecule has 8 heteroatoms. The smallest absolute Gasteiger partial charge is 0.252 e. The number of sulfonamides is 1.